The molecule has 12 heteroatoms. The van der Waals surface area contributed by atoms with Gasteiger partial charge in [-0.25, -0.2) is 8.42 Å². The number of hydrogen-bond donors (Lipinski definition) is 0. The highest BCUT2D eigenvalue weighted by Gasteiger charge is 2.34. The number of methoxy groups -OCH3 is 4. The Morgan fingerprint density at radius 2 is 1.65 bits per heavy atom. The minimum atomic E-state index is -3.80. The van der Waals surface area contributed by atoms with Gasteiger partial charge in [-0.3, -0.25) is 9.55 Å². The lowest BCUT2D eigenvalue weighted by atomic mass is 10.2. The third-order valence-corrected chi connectivity index (χ3v) is 7.58. The SMILES string of the molecule is COCc1nnc(CS(=O)(=O)[C@@H](C)[C@H](OC)c2ccc(Cl)cn2)n1-c1c(OC)cccc1OC. The second-order valence-electron chi connectivity index (χ2n) is 7.38. The molecule has 10 nitrogen and oxygen atoms in total. The molecule has 34 heavy (non-hydrogen) atoms. The van der Waals surface area contributed by atoms with Crippen molar-refractivity contribution in [3.63, 3.8) is 0 Å². The summed E-state index contributed by atoms with van der Waals surface area (Å²) in [6.45, 7) is 1.67. The Morgan fingerprint density at radius 1 is 1.00 bits per heavy atom. The van der Waals surface area contributed by atoms with Gasteiger partial charge in [-0.2, -0.15) is 0 Å². The molecular weight excluding hydrogens is 484 g/mol. The van der Waals surface area contributed by atoms with Gasteiger partial charge in [0.05, 0.1) is 30.2 Å². The molecule has 0 aliphatic heterocycles. The van der Waals surface area contributed by atoms with Crippen LogP contribution in [0.3, 0.4) is 0 Å². The van der Waals surface area contributed by atoms with Crippen molar-refractivity contribution in [2.45, 2.75) is 30.6 Å². The van der Waals surface area contributed by atoms with Crippen molar-refractivity contribution in [1.82, 2.24) is 19.7 Å². The van der Waals surface area contributed by atoms with E-state index in [1.165, 1.54) is 34.6 Å². The highest BCUT2D eigenvalue weighted by molar-refractivity contribution is 7.91. The van der Waals surface area contributed by atoms with Crippen molar-refractivity contribution >= 4 is 21.4 Å². The maximum atomic E-state index is 13.5. The van der Waals surface area contributed by atoms with Gasteiger partial charge in [-0.15, -0.1) is 10.2 Å². The number of halogens is 1. The second-order valence-corrected chi connectivity index (χ2v) is 10.2. The Bertz CT molecular complexity index is 1190. The summed E-state index contributed by atoms with van der Waals surface area (Å²) in [6.07, 6.45) is 0.641. The monoisotopic (exact) mass is 510 g/mol. The van der Waals surface area contributed by atoms with E-state index in [4.69, 9.17) is 30.5 Å². The van der Waals surface area contributed by atoms with Crippen LogP contribution in [0.2, 0.25) is 5.02 Å². The number of nitrogens with zero attached hydrogens (tertiary/aromatic N) is 4. The number of pyridine rings is 1. The molecule has 1 aromatic carbocycles. The Balaban J connectivity index is 2.05. The Kier molecular flexibility index (Phi) is 8.47. The minimum absolute atomic E-state index is 0.0964. The molecule has 184 valence electrons. The van der Waals surface area contributed by atoms with Gasteiger partial charge in [0.25, 0.3) is 0 Å². The van der Waals surface area contributed by atoms with Crippen LogP contribution in [-0.4, -0.2) is 61.9 Å². The molecule has 0 unspecified atom stereocenters. The molecule has 0 bridgehead atoms. The molecule has 0 N–H and O–H groups in total. The van der Waals surface area contributed by atoms with Gasteiger partial charge in [0.15, 0.2) is 21.5 Å². The van der Waals surface area contributed by atoms with Crippen LogP contribution in [0.4, 0.5) is 0 Å². The van der Waals surface area contributed by atoms with Crippen molar-refractivity contribution in [3.8, 4) is 17.2 Å². The van der Waals surface area contributed by atoms with Gasteiger partial charge in [-0.05, 0) is 31.2 Å². The summed E-state index contributed by atoms with van der Waals surface area (Å²) in [4.78, 5) is 4.23. The molecule has 0 saturated carbocycles. The first-order chi connectivity index (χ1) is 16.3. The maximum absolute atomic E-state index is 13.5. The molecule has 0 saturated heterocycles. The second kappa shape index (κ2) is 11.1. The summed E-state index contributed by atoms with van der Waals surface area (Å²) < 4.78 is 50.4. The molecule has 0 amide bonds. The van der Waals surface area contributed by atoms with Crippen LogP contribution in [0, 0.1) is 0 Å². The Hall–Kier alpha value is -2.73. The summed E-state index contributed by atoms with van der Waals surface area (Å²) in [6, 6.07) is 8.52. The first-order valence-corrected chi connectivity index (χ1v) is 12.4. The van der Waals surface area contributed by atoms with Gasteiger partial charge >= 0.3 is 0 Å². The van der Waals surface area contributed by atoms with Crippen LogP contribution < -0.4 is 9.47 Å². The highest BCUT2D eigenvalue weighted by atomic mass is 35.5. The van der Waals surface area contributed by atoms with Crippen molar-refractivity contribution in [1.29, 1.82) is 0 Å². The lowest BCUT2D eigenvalue weighted by Gasteiger charge is -2.23. The molecular formula is C22H27ClN4O6S. The fourth-order valence-corrected chi connectivity index (χ4v) is 5.14. The van der Waals surface area contributed by atoms with E-state index in [0.717, 1.165) is 0 Å². The number of aromatic nitrogens is 4. The zero-order chi connectivity index (χ0) is 24.9. The molecule has 0 spiro atoms. The van der Waals surface area contributed by atoms with Crippen LogP contribution in [0.25, 0.3) is 5.69 Å². The molecule has 3 aromatic rings. The van der Waals surface area contributed by atoms with E-state index in [2.05, 4.69) is 15.2 Å². The fraction of sp³-hybridized carbons (Fsp3) is 0.409. The van der Waals surface area contributed by atoms with Crippen LogP contribution in [0.15, 0.2) is 36.5 Å². The van der Waals surface area contributed by atoms with E-state index in [1.807, 2.05) is 0 Å². The van der Waals surface area contributed by atoms with Gasteiger partial charge in [0.2, 0.25) is 0 Å². The number of ether oxygens (including phenoxy) is 4. The fourth-order valence-electron chi connectivity index (χ4n) is 3.59. The molecule has 2 atom stereocenters. The number of rotatable bonds is 11. The normalized spacial score (nSPS) is 13.5. The predicted octanol–water partition coefficient (Wildman–Crippen LogP) is 3.17. The number of benzene rings is 1. The molecule has 2 aromatic heterocycles. The third kappa shape index (κ3) is 5.33. The molecule has 0 radical (unpaired) electrons. The summed E-state index contributed by atoms with van der Waals surface area (Å²) in [5.74, 6) is 1.08. The van der Waals surface area contributed by atoms with Crippen LogP contribution in [-0.2, 0) is 31.7 Å². The van der Waals surface area contributed by atoms with E-state index in [9.17, 15) is 8.42 Å². The zero-order valence-electron chi connectivity index (χ0n) is 19.6. The van der Waals surface area contributed by atoms with Crippen molar-refractivity contribution < 1.29 is 27.4 Å². The van der Waals surface area contributed by atoms with Crippen LogP contribution >= 0.6 is 11.6 Å². The van der Waals surface area contributed by atoms with Crippen LogP contribution in [0.1, 0.15) is 30.4 Å². The van der Waals surface area contributed by atoms with Gasteiger partial charge < -0.3 is 18.9 Å². The molecule has 0 aliphatic rings. The van der Waals surface area contributed by atoms with E-state index < -0.39 is 26.9 Å². The predicted molar refractivity (Wildman–Crippen MR) is 126 cm³/mol. The van der Waals surface area contributed by atoms with Crippen LogP contribution in [0.5, 0.6) is 11.5 Å². The van der Waals surface area contributed by atoms with Gasteiger partial charge in [0.1, 0.15) is 35.7 Å². The van der Waals surface area contributed by atoms with Crippen molar-refractivity contribution in [2.75, 3.05) is 28.4 Å². The maximum Gasteiger partial charge on any atom is 0.163 e. The zero-order valence-corrected chi connectivity index (χ0v) is 21.1. The van der Waals surface area contributed by atoms with Crippen molar-refractivity contribution in [3.05, 3.63) is 58.9 Å². The largest absolute Gasteiger partial charge is 0.494 e. The molecule has 3 rings (SSSR count). The summed E-state index contributed by atoms with van der Waals surface area (Å²) in [5, 5.41) is 7.83. The topological polar surface area (TPSA) is 115 Å². The Labute approximate surface area is 203 Å². The molecule has 0 aliphatic carbocycles. The van der Waals surface area contributed by atoms with E-state index in [-0.39, 0.29) is 12.4 Å². The summed E-state index contributed by atoms with van der Waals surface area (Å²) in [7, 11) is 2.18. The standard InChI is InChI=1S/C22H27ClN4O6S/c1-14(22(33-5)16-10-9-15(23)11-24-16)34(28,29)13-20-26-25-19(12-30-2)27(20)21-17(31-3)7-6-8-18(21)32-4/h6-11,14,22H,12-13H2,1-5H3/t14-,22-/m0/s1. The lowest BCUT2D eigenvalue weighted by molar-refractivity contribution is 0.0987. The minimum Gasteiger partial charge on any atom is -0.494 e. The van der Waals surface area contributed by atoms with E-state index in [0.29, 0.717) is 33.7 Å². The summed E-state index contributed by atoms with van der Waals surface area (Å²) >= 11 is 5.92. The highest BCUT2D eigenvalue weighted by Crippen LogP contribution is 2.35. The molecule has 2 heterocycles. The molecule has 0 fully saturated rings. The smallest absolute Gasteiger partial charge is 0.163 e. The first-order valence-electron chi connectivity index (χ1n) is 10.3. The lowest BCUT2D eigenvalue weighted by Crippen LogP contribution is -2.29. The van der Waals surface area contributed by atoms with Gasteiger partial charge in [0, 0.05) is 20.4 Å². The van der Waals surface area contributed by atoms with Gasteiger partial charge in [-0.1, -0.05) is 17.7 Å². The average molecular weight is 511 g/mol. The van der Waals surface area contributed by atoms with E-state index in [1.54, 1.807) is 41.8 Å². The van der Waals surface area contributed by atoms with Crippen molar-refractivity contribution in [2.24, 2.45) is 0 Å². The average Bonchev–Trinajstić information content (AvgIpc) is 3.21. The quantitative estimate of drug-likeness (QED) is 0.383. The first kappa shape index (κ1) is 25.9. The number of hydrogen-bond acceptors (Lipinski definition) is 9. The summed E-state index contributed by atoms with van der Waals surface area (Å²) in [5.41, 5.74) is 0.931. The van der Waals surface area contributed by atoms with E-state index >= 15 is 0 Å². The Morgan fingerprint density at radius 3 is 2.18 bits per heavy atom. The third-order valence-electron chi connectivity index (χ3n) is 5.31. The number of sulfone groups is 1. The number of para-hydroxylation sites is 1.